The highest BCUT2D eigenvalue weighted by Crippen LogP contribution is 2.33. The van der Waals surface area contributed by atoms with Gasteiger partial charge in [-0.3, -0.25) is 14.2 Å². The summed E-state index contributed by atoms with van der Waals surface area (Å²) in [5.41, 5.74) is 3.43. The number of nitrogens with zero attached hydrogens (tertiary/aromatic N) is 2. The molecular weight excluding hydrogens is 630 g/mol. The number of carboxylic acids is 1. The number of hydrogen-bond donors (Lipinski definition) is 2. The van der Waals surface area contributed by atoms with Gasteiger partial charge >= 0.3 is 5.97 Å². The van der Waals surface area contributed by atoms with Crippen LogP contribution >= 0.6 is 11.3 Å². The van der Waals surface area contributed by atoms with Crippen molar-refractivity contribution in [1.29, 1.82) is 0 Å². The lowest BCUT2D eigenvalue weighted by Gasteiger charge is -2.25. The van der Waals surface area contributed by atoms with E-state index in [2.05, 4.69) is 5.32 Å². The second kappa shape index (κ2) is 13.8. The number of para-hydroxylation sites is 1. The van der Waals surface area contributed by atoms with Crippen molar-refractivity contribution in [2.24, 2.45) is 4.99 Å². The number of rotatable bonds is 10. The molecule has 10 nitrogen and oxygen atoms in total. The normalized spacial score (nSPS) is 14.1. The number of aromatic carboxylic acids is 1. The van der Waals surface area contributed by atoms with Gasteiger partial charge in [0, 0.05) is 5.69 Å². The van der Waals surface area contributed by atoms with Crippen molar-refractivity contribution in [3.8, 4) is 17.2 Å². The molecular formula is C37H31N3O7S. The number of fused-ring (bicyclic) bond motifs is 1. The molecule has 0 aliphatic carbocycles. The highest BCUT2D eigenvalue weighted by atomic mass is 32.1. The fourth-order valence-corrected chi connectivity index (χ4v) is 6.51. The second-order valence-electron chi connectivity index (χ2n) is 10.9. The summed E-state index contributed by atoms with van der Waals surface area (Å²) in [6.07, 6.45) is 1.75. The van der Waals surface area contributed by atoms with Crippen molar-refractivity contribution in [3.05, 3.63) is 150 Å². The van der Waals surface area contributed by atoms with Crippen LogP contribution in [0.5, 0.6) is 17.2 Å². The van der Waals surface area contributed by atoms with E-state index in [4.69, 9.17) is 19.2 Å². The minimum absolute atomic E-state index is 0.138. The number of methoxy groups -OCH3 is 2. The first-order valence-corrected chi connectivity index (χ1v) is 15.7. The predicted octanol–water partition coefficient (Wildman–Crippen LogP) is 5.17. The summed E-state index contributed by atoms with van der Waals surface area (Å²) in [4.78, 5) is 44.4. The van der Waals surface area contributed by atoms with E-state index in [1.54, 1.807) is 79.3 Å². The molecule has 242 valence electrons. The number of hydrogen-bond acceptors (Lipinski definition) is 8. The SMILES string of the molecule is COc1cccc([C@@H]2C(C(=O)Nc3ccccc3)=C(C)N=c3s/c(=C\c4ccc(OCc5cccc(C(=O)O)c5)c(OC)c4)c(=O)n32)c1. The number of benzene rings is 4. The standard InChI is InChI=1S/C37H31N3O7S/c1-22-32(34(41)39-27-12-5-4-6-13-27)33(25-10-8-14-28(20-25)45-2)40-35(42)31(48-37(40)38-22)19-23-15-16-29(30(18-23)46-3)47-21-24-9-7-11-26(17-24)36(43)44/h4-20,33H,21H2,1-3H3,(H,39,41)(H,43,44)/b31-19-/t33-/m1/s1. The maximum atomic E-state index is 14.1. The molecule has 1 aliphatic heterocycles. The maximum absolute atomic E-state index is 14.1. The first-order valence-electron chi connectivity index (χ1n) is 14.9. The summed E-state index contributed by atoms with van der Waals surface area (Å²) >= 11 is 1.23. The van der Waals surface area contributed by atoms with Gasteiger partial charge in [0.2, 0.25) is 0 Å². The lowest BCUT2D eigenvalue weighted by molar-refractivity contribution is -0.113. The lowest BCUT2D eigenvalue weighted by Crippen LogP contribution is -2.40. The number of aromatic nitrogens is 1. The predicted molar refractivity (Wildman–Crippen MR) is 183 cm³/mol. The molecule has 11 heteroatoms. The summed E-state index contributed by atoms with van der Waals surface area (Å²) in [5.74, 6) is 0.117. The number of ether oxygens (including phenoxy) is 3. The van der Waals surface area contributed by atoms with E-state index in [9.17, 15) is 19.5 Å². The molecule has 4 aromatic carbocycles. The van der Waals surface area contributed by atoms with Crippen molar-refractivity contribution in [2.75, 3.05) is 19.5 Å². The minimum Gasteiger partial charge on any atom is -0.497 e. The van der Waals surface area contributed by atoms with Crippen LogP contribution in [0.2, 0.25) is 0 Å². The number of nitrogens with one attached hydrogen (secondary N) is 1. The van der Waals surface area contributed by atoms with E-state index in [-0.39, 0.29) is 23.6 Å². The van der Waals surface area contributed by atoms with Crippen LogP contribution in [-0.2, 0) is 11.4 Å². The molecule has 2 heterocycles. The van der Waals surface area contributed by atoms with Crippen LogP contribution in [-0.4, -0.2) is 35.8 Å². The van der Waals surface area contributed by atoms with Crippen LogP contribution in [0, 0.1) is 0 Å². The van der Waals surface area contributed by atoms with Gasteiger partial charge in [-0.25, -0.2) is 9.79 Å². The Labute approximate surface area is 279 Å². The molecule has 1 amide bonds. The Morgan fingerprint density at radius 2 is 1.73 bits per heavy atom. The molecule has 0 spiro atoms. The number of allylic oxidation sites excluding steroid dienone is 1. The third-order valence-electron chi connectivity index (χ3n) is 7.76. The van der Waals surface area contributed by atoms with E-state index >= 15 is 0 Å². The molecule has 1 aromatic heterocycles. The Morgan fingerprint density at radius 1 is 0.938 bits per heavy atom. The van der Waals surface area contributed by atoms with Crippen molar-refractivity contribution in [2.45, 2.75) is 19.6 Å². The van der Waals surface area contributed by atoms with Gasteiger partial charge in [0.05, 0.1) is 41.6 Å². The van der Waals surface area contributed by atoms with Gasteiger partial charge in [-0.15, -0.1) is 0 Å². The topological polar surface area (TPSA) is 128 Å². The van der Waals surface area contributed by atoms with Gasteiger partial charge < -0.3 is 24.6 Å². The first-order chi connectivity index (χ1) is 23.2. The Hall–Kier alpha value is -5.94. The molecule has 0 radical (unpaired) electrons. The number of anilines is 1. The summed E-state index contributed by atoms with van der Waals surface area (Å²) < 4.78 is 19.0. The molecule has 1 atom stereocenters. The van der Waals surface area contributed by atoms with Gasteiger partial charge in [-0.05, 0) is 78.2 Å². The molecule has 48 heavy (non-hydrogen) atoms. The van der Waals surface area contributed by atoms with Gasteiger partial charge in [-0.2, -0.15) is 0 Å². The Morgan fingerprint density at radius 3 is 2.48 bits per heavy atom. The average Bonchev–Trinajstić information content (AvgIpc) is 3.40. The van der Waals surface area contributed by atoms with Crippen LogP contribution < -0.4 is 34.4 Å². The molecule has 6 rings (SSSR count). The van der Waals surface area contributed by atoms with E-state index in [0.717, 1.165) is 0 Å². The zero-order valence-electron chi connectivity index (χ0n) is 26.3. The van der Waals surface area contributed by atoms with Crippen molar-refractivity contribution < 1.29 is 28.9 Å². The molecule has 5 aromatic rings. The first kappa shape index (κ1) is 32.0. The third-order valence-corrected chi connectivity index (χ3v) is 8.74. The molecule has 0 unspecified atom stereocenters. The Bertz CT molecular complexity index is 2240. The zero-order valence-corrected chi connectivity index (χ0v) is 27.1. The highest BCUT2D eigenvalue weighted by molar-refractivity contribution is 7.07. The van der Waals surface area contributed by atoms with E-state index in [0.29, 0.717) is 60.2 Å². The van der Waals surface area contributed by atoms with Gasteiger partial charge in [0.15, 0.2) is 16.3 Å². The average molecular weight is 662 g/mol. The fourth-order valence-electron chi connectivity index (χ4n) is 5.46. The van der Waals surface area contributed by atoms with Crippen molar-refractivity contribution in [1.82, 2.24) is 4.57 Å². The monoisotopic (exact) mass is 661 g/mol. The van der Waals surface area contributed by atoms with Crippen LogP contribution in [0.3, 0.4) is 0 Å². The van der Waals surface area contributed by atoms with Crippen LogP contribution in [0.15, 0.2) is 118 Å². The summed E-state index contributed by atoms with van der Waals surface area (Å²) in [7, 11) is 3.08. The van der Waals surface area contributed by atoms with Gasteiger partial charge in [0.25, 0.3) is 11.5 Å². The Kier molecular flexibility index (Phi) is 9.22. The number of carbonyl (C=O) groups is 2. The van der Waals surface area contributed by atoms with Crippen LogP contribution in [0.1, 0.15) is 40.0 Å². The Balaban J connectivity index is 1.37. The van der Waals surface area contributed by atoms with Gasteiger partial charge in [0.1, 0.15) is 12.4 Å². The van der Waals surface area contributed by atoms with Crippen molar-refractivity contribution in [3.63, 3.8) is 0 Å². The fraction of sp³-hybridized carbons (Fsp3) is 0.135. The number of carboxylic acid groups (broad SMARTS) is 1. The summed E-state index contributed by atoms with van der Waals surface area (Å²) in [6.45, 7) is 1.91. The molecule has 1 aliphatic rings. The molecule has 0 saturated carbocycles. The van der Waals surface area contributed by atoms with E-state index in [1.807, 2.05) is 36.4 Å². The van der Waals surface area contributed by atoms with Crippen LogP contribution in [0.25, 0.3) is 6.08 Å². The summed E-state index contributed by atoms with van der Waals surface area (Å²) in [6, 6.07) is 27.5. The minimum atomic E-state index is -1.01. The lowest BCUT2D eigenvalue weighted by atomic mass is 9.95. The smallest absolute Gasteiger partial charge is 0.335 e. The zero-order chi connectivity index (χ0) is 33.8. The van der Waals surface area contributed by atoms with E-state index < -0.39 is 12.0 Å². The van der Waals surface area contributed by atoms with Crippen molar-refractivity contribution >= 4 is 35.0 Å². The number of carbonyl (C=O) groups excluding carboxylic acids is 1. The largest absolute Gasteiger partial charge is 0.497 e. The molecule has 0 fully saturated rings. The third kappa shape index (κ3) is 6.62. The number of amides is 1. The maximum Gasteiger partial charge on any atom is 0.335 e. The molecule has 0 saturated heterocycles. The van der Waals surface area contributed by atoms with Crippen LogP contribution in [0.4, 0.5) is 5.69 Å². The quantitative estimate of drug-likeness (QED) is 0.211. The van der Waals surface area contributed by atoms with E-state index in [1.165, 1.54) is 24.5 Å². The number of thiazole rings is 1. The second-order valence-corrected chi connectivity index (χ2v) is 11.9. The van der Waals surface area contributed by atoms with Gasteiger partial charge in [-0.1, -0.05) is 59.9 Å². The highest BCUT2D eigenvalue weighted by Gasteiger charge is 2.32. The molecule has 0 bridgehead atoms. The summed E-state index contributed by atoms with van der Waals surface area (Å²) in [5, 5.41) is 12.2. The molecule has 2 N–H and O–H groups in total.